The number of hydrogen-bond acceptors (Lipinski definition) is 5. The monoisotopic (exact) mass is 380 g/mol. The molecule has 1 aliphatic heterocycles. The van der Waals surface area contributed by atoms with Gasteiger partial charge in [-0.15, -0.1) is 0 Å². The highest BCUT2D eigenvalue weighted by Crippen LogP contribution is 2.44. The van der Waals surface area contributed by atoms with E-state index in [9.17, 15) is 0 Å². The van der Waals surface area contributed by atoms with Crippen molar-refractivity contribution in [3.05, 3.63) is 59.3 Å². The topological polar surface area (TPSA) is 52.6 Å². The fraction of sp³-hybridized carbons (Fsp3) is 0.435. The van der Waals surface area contributed by atoms with Crippen LogP contribution in [0.4, 0.5) is 0 Å². The molecule has 0 radical (unpaired) electrons. The summed E-state index contributed by atoms with van der Waals surface area (Å²) in [6.07, 6.45) is 10.6. The van der Waals surface area contributed by atoms with Gasteiger partial charge in [0.1, 0.15) is 0 Å². The predicted octanol–water partition coefficient (Wildman–Crippen LogP) is 4.39. The van der Waals surface area contributed by atoms with Crippen molar-refractivity contribution in [2.45, 2.75) is 37.8 Å². The van der Waals surface area contributed by atoms with E-state index in [-0.39, 0.29) is 12.1 Å². The van der Waals surface area contributed by atoms with E-state index in [1.807, 2.05) is 6.07 Å². The first kappa shape index (κ1) is 18.8. The molecule has 0 saturated heterocycles. The van der Waals surface area contributed by atoms with Gasteiger partial charge in [-0.2, -0.15) is 0 Å². The number of nitrogens with one attached hydrogen (secondary N) is 1. The van der Waals surface area contributed by atoms with Crippen molar-refractivity contribution in [1.29, 1.82) is 0 Å². The van der Waals surface area contributed by atoms with E-state index in [1.54, 1.807) is 27.5 Å². The number of hydrogen-bond donors (Lipinski definition) is 1. The van der Waals surface area contributed by atoms with Crippen LogP contribution in [-0.4, -0.2) is 26.3 Å². The van der Waals surface area contributed by atoms with E-state index in [0.29, 0.717) is 11.8 Å². The van der Waals surface area contributed by atoms with Gasteiger partial charge in [-0.1, -0.05) is 18.2 Å². The van der Waals surface area contributed by atoms with Gasteiger partial charge in [0.05, 0.1) is 21.3 Å². The molecule has 28 heavy (non-hydrogen) atoms. The summed E-state index contributed by atoms with van der Waals surface area (Å²) in [7, 11) is 5.07. The first-order valence-electron chi connectivity index (χ1n) is 9.90. The van der Waals surface area contributed by atoms with Gasteiger partial charge < -0.3 is 19.5 Å². The highest BCUT2D eigenvalue weighted by Gasteiger charge is 2.34. The standard InChI is InChI=1S/C23H28N2O3/c1-26-20-13-16-12-19(17-10-7-11-24-23(17)28-3)25-22(15-8-5-4-6-9-15)18(16)14-21(20)27-2/h4-5,7,10-11,13-15,19,22,25H,6,8-9,12H2,1-3H3/t15?,19-,22-/m1/s1. The number of benzene rings is 1. The van der Waals surface area contributed by atoms with Crippen LogP contribution in [0, 0.1) is 5.92 Å². The molecular formula is C23H28N2O3. The molecule has 3 atom stereocenters. The summed E-state index contributed by atoms with van der Waals surface area (Å²) in [6, 6.07) is 8.76. The Labute approximate surface area is 166 Å². The van der Waals surface area contributed by atoms with Crippen molar-refractivity contribution in [3.63, 3.8) is 0 Å². The first-order chi connectivity index (χ1) is 13.7. The van der Waals surface area contributed by atoms with Crippen molar-refractivity contribution in [1.82, 2.24) is 10.3 Å². The lowest BCUT2D eigenvalue weighted by Crippen LogP contribution is -2.38. The Morgan fingerprint density at radius 2 is 1.82 bits per heavy atom. The van der Waals surface area contributed by atoms with Gasteiger partial charge in [-0.3, -0.25) is 0 Å². The van der Waals surface area contributed by atoms with Gasteiger partial charge in [0.2, 0.25) is 5.88 Å². The van der Waals surface area contributed by atoms with Gasteiger partial charge in [0.15, 0.2) is 11.5 Å². The van der Waals surface area contributed by atoms with Crippen LogP contribution in [0.2, 0.25) is 0 Å². The predicted molar refractivity (Wildman–Crippen MR) is 109 cm³/mol. The quantitative estimate of drug-likeness (QED) is 0.780. The van der Waals surface area contributed by atoms with E-state index in [4.69, 9.17) is 14.2 Å². The Hall–Kier alpha value is -2.53. The second kappa shape index (κ2) is 8.23. The third kappa shape index (κ3) is 3.47. The van der Waals surface area contributed by atoms with E-state index in [1.165, 1.54) is 17.5 Å². The van der Waals surface area contributed by atoms with Crippen LogP contribution in [-0.2, 0) is 6.42 Å². The smallest absolute Gasteiger partial charge is 0.217 e. The Bertz CT molecular complexity index is 865. The zero-order valence-corrected chi connectivity index (χ0v) is 16.8. The molecule has 0 spiro atoms. The van der Waals surface area contributed by atoms with Crippen LogP contribution >= 0.6 is 0 Å². The minimum atomic E-state index is 0.144. The molecule has 0 saturated carbocycles. The Balaban J connectivity index is 1.78. The Morgan fingerprint density at radius 1 is 1.00 bits per heavy atom. The molecule has 5 nitrogen and oxygen atoms in total. The van der Waals surface area contributed by atoms with Crippen molar-refractivity contribution in [3.8, 4) is 17.4 Å². The van der Waals surface area contributed by atoms with Gasteiger partial charge in [-0.25, -0.2) is 4.98 Å². The Kier molecular flexibility index (Phi) is 5.53. The number of aromatic nitrogens is 1. The van der Waals surface area contributed by atoms with Crippen molar-refractivity contribution in [2.75, 3.05) is 21.3 Å². The molecule has 1 N–H and O–H groups in total. The van der Waals surface area contributed by atoms with Crippen LogP contribution in [0.3, 0.4) is 0 Å². The fourth-order valence-corrected chi connectivity index (χ4v) is 4.54. The highest BCUT2D eigenvalue weighted by molar-refractivity contribution is 5.51. The van der Waals surface area contributed by atoms with Gasteiger partial charge in [-0.05, 0) is 60.9 Å². The summed E-state index contributed by atoms with van der Waals surface area (Å²) in [5, 5.41) is 3.91. The lowest BCUT2D eigenvalue weighted by atomic mass is 9.78. The van der Waals surface area contributed by atoms with Crippen LogP contribution in [0.5, 0.6) is 17.4 Å². The molecule has 0 fully saturated rings. The largest absolute Gasteiger partial charge is 0.493 e. The maximum atomic E-state index is 5.59. The minimum absolute atomic E-state index is 0.144. The van der Waals surface area contributed by atoms with Crippen molar-refractivity contribution >= 4 is 0 Å². The maximum Gasteiger partial charge on any atom is 0.217 e. The third-order valence-electron chi connectivity index (χ3n) is 5.94. The summed E-state index contributed by atoms with van der Waals surface area (Å²) in [4.78, 5) is 4.41. The molecule has 1 aliphatic carbocycles. The Morgan fingerprint density at radius 3 is 2.54 bits per heavy atom. The average molecular weight is 380 g/mol. The van der Waals surface area contributed by atoms with Crippen LogP contribution in [0.15, 0.2) is 42.6 Å². The fourth-order valence-electron chi connectivity index (χ4n) is 4.54. The zero-order chi connectivity index (χ0) is 19.5. The number of fused-ring (bicyclic) bond motifs is 1. The molecular weight excluding hydrogens is 352 g/mol. The van der Waals surface area contributed by atoms with Crippen LogP contribution < -0.4 is 19.5 Å². The average Bonchev–Trinajstić information content (AvgIpc) is 2.77. The first-order valence-corrected chi connectivity index (χ1v) is 9.90. The second-order valence-corrected chi connectivity index (χ2v) is 7.45. The summed E-state index contributed by atoms with van der Waals surface area (Å²) >= 11 is 0. The summed E-state index contributed by atoms with van der Waals surface area (Å²) < 4.78 is 16.7. The van der Waals surface area contributed by atoms with Gasteiger partial charge in [0, 0.05) is 23.8 Å². The van der Waals surface area contributed by atoms with Crippen molar-refractivity contribution in [2.24, 2.45) is 5.92 Å². The molecule has 5 heteroatoms. The van der Waals surface area contributed by atoms with Crippen LogP contribution in [0.1, 0.15) is 48.0 Å². The van der Waals surface area contributed by atoms with E-state index < -0.39 is 0 Å². The number of methoxy groups -OCH3 is 3. The molecule has 1 unspecified atom stereocenters. The third-order valence-corrected chi connectivity index (χ3v) is 5.94. The molecule has 2 heterocycles. The summed E-state index contributed by atoms with van der Waals surface area (Å²) in [5.41, 5.74) is 3.71. The number of pyridine rings is 1. The zero-order valence-electron chi connectivity index (χ0n) is 16.8. The number of allylic oxidation sites excluding steroid dienone is 2. The van der Waals surface area contributed by atoms with Crippen LogP contribution in [0.25, 0.3) is 0 Å². The molecule has 1 aromatic heterocycles. The van der Waals surface area contributed by atoms with E-state index >= 15 is 0 Å². The number of rotatable bonds is 5. The molecule has 0 bridgehead atoms. The van der Waals surface area contributed by atoms with Gasteiger partial charge >= 0.3 is 0 Å². The molecule has 2 aromatic rings. The summed E-state index contributed by atoms with van der Waals surface area (Å²) in [5.74, 6) is 2.80. The molecule has 1 aromatic carbocycles. The number of nitrogens with zero attached hydrogens (tertiary/aromatic N) is 1. The van der Waals surface area contributed by atoms with Gasteiger partial charge in [0.25, 0.3) is 0 Å². The lowest BCUT2D eigenvalue weighted by molar-refractivity contribution is 0.279. The van der Waals surface area contributed by atoms with E-state index in [0.717, 1.165) is 36.3 Å². The molecule has 4 rings (SSSR count). The molecule has 2 aliphatic rings. The van der Waals surface area contributed by atoms with Crippen molar-refractivity contribution < 1.29 is 14.2 Å². The minimum Gasteiger partial charge on any atom is -0.493 e. The normalized spacial score (nSPS) is 23.8. The number of ether oxygens (including phenoxy) is 3. The molecule has 148 valence electrons. The maximum absolute atomic E-state index is 5.59. The SMILES string of the molecule is COc1cc2c(cc1OC)[C@@H](C1CC=CCC1)N[C@@H](c1cccnc1OC)C2. The van der Waals surface area contributed by atoms with E-state index in [2.05, 4.69) is 40.7 Å². The molecule has 0 amide bonds. The second-order valence-electron chi connectivity index (χ2n) is 7.45. The summed E-state index contributed by atoms with van der Waals surface area (Å²) in [6.45, 7) is 0. The lowest BCUT2D eigenvalue weighted by Gasteiger charge is -2.39. The highest BCUT2D eigenvalue weighted by atomic mass is 16.5.